The van der Waals surface area contributed by atoms with Gasteiger partial charge in [-0.15, -0.1) is 10.2 Å². The second kappa shape index (κ2) is 7.49. The highest BCUT2D eigenvalue weighted by molar-refractivity contribution is 8.00. The highest BCUT2D eigenvalue weighted by Gasteiger charge is 2.31. The highest BCUT2D eigenvalue weighted by atomic mass is 32.2. The van der Waals surface area contributed by atoms with Gasteiger partial charge in [0.25, 0.3) is 0 Å². The first-order valence-corrected chi connectivity index (χ1v) is 10.7. The third-order valence-electron chi connectivity index (χ3n) is 5.05. The molecule has 4 aromatic rings. The van der Waals surface area contributed by atoms with Crippen LogP contribution in [0, 0.1) is 0 Å². The molecule has 1 aliphatic rings. The molecule has 152 valence electrons. The van der Waals surface area contributed by atoms with E-state index in [1.807, 2.05) is 37.3 Å². The minimum atomic E-state index is -0.385. The van der Waals surface area contributed by atoms with Crippen molar-refractivity contribution in [2.24, 2.45) is 0 Å². The molecule has 2 aromatic carbocycles. The zero-order valence-electron chi connectivity index (χ0n) is 16.3. The molecule has 1 saturated carbocycles. The lowest BCUT2D eigenvalue weighted by Gasteiger charge is -2.14. The Hall–Kier alpha value is -3.33. The predicted octanol–water partition coefficient (Wildman–Crippen LogP) is 3.43. The number of fused-ring (bicyclic) bond motifs is 1. The Morgan fingerprint density at radius 2 is 1.90 bits per heavy atom. The molecule has 9 heteroatoms. The molecule has 1 amide bonds. The van der Waals surface area contributed by atoms with Crippen LogP contribution in [0.15, 0.2) is 58.5 Å². The van der Waals surface area contributed by atoms with Gasteiger partial charge >= 0.3 is 5.69 Å². The summed E-state index contributed by atoms with van der Waals surface area (Å²) in [6.45, 7) is 1.84. The van der Waals surface area contributed by atoms with Gasteiger partial charge in [0.2, 0.25) is 5.91 Å². The highest BCUT2D eigenvalue weighted by Crippen LogP contribution is 2.41. The summed E-state index contributed by atoms with van der Waals surface area (Å²) in [5.41, 5.74) is 2.70. The number of nitrogens with one attached hydrogen (secondary N) is 3. The number of carbonyl (C=O) groups excluding carboxylic acids is 1. The van der Waals surface area contributed by atoms with E-state index in [0.717, 1.165) is 24.4 Å². The van der Waals surface area contributed by atoms with Crippen molar-refractivity contribution in [2.45, 2.75) is 36.1 Å². The van der Waals surface area contributed by atoms with Crippen molar-refractivity contribution in [2.75, 3.05) is 5.32 Å². The van der Waals surface area contributed by atoms with Gasteiger partial charge in [0, 0.05) is 17.3 Å². The lowest BCUT2D eigenvalue weighted by molar-refractivity contribution is -0.115. The SMILES string of the molecule is CC(Sc1nnc(C2CC2)n1-c1ccccc1)C(=O)Nc1ccc2[nH]c(=O)[nH]c2c1. The van der Waals surface area contributed by atoms with Gasteiger partial charge in [-0.1, -0.05) is 30.0 Å². The zero-order valence-corrected chi connectivity index (χ0v) is 17.1. The van der Waals surface area contributed by atoms with Gasteiger partial charge < -0.3 is 15.3 Å². The summed E-state index contributed by atoms with van der Waals surface area (Å²) in [4.78, 5) is 29.6. The first kappa shape index (κ1) is 18.7. The Balaban J connectivity index is 1.36. The Labute approximate surface area is 176 Å². The van der Waals surface area contributed by atoms with Crippen LogP contribution < -0.4 is 11.0 Å². The molecule has 2 heterocycles. The summed E-state index contributed by atoms with van der Waals surface area (Å²) in [6.07, 6.45) is 2.24. The van der Waals surface area contributed by atoms with Crippen LogP contribution in [0.2, 0.25) is 0 Å². The van der Waals surface area contributed by atoms with Gasteiger partial charge in [-0.05, 0) is 50.1 Å². The van der Waals surface area contributed by atoms with E-state index in [-0.39, 0.29) is 16.8 Å². The molecule has 2 aromatic heterocycles. The number of hydrogen-bond acceptors (Lipinski definition) is 5. The molecule has 1 atom stereocenters. The van der Waals surface area contributed by atoms with Gasteiger partial charge in [0.15, 0.2) is 5.16 Å². The number of anilines is 1. The molecule has 30 heavy (non-hydrogen) atoms. The number of aromatic amines is 2. The van der Waals surface area contributed by atoms with Crippen LogP contribution in [0.1, 0.15) is 31.5 Å². The standard InChI is InChI=1S/C21H20N6O2S/c1-12(19(28)22-14-9-10-16-17(11-14)24-20(29)23-16)30-21-26-25-18(13-7-8-13)27(21)15-5-3-2-4-6-15/h2-6,9-13H,7-8H2,1H3,(H,22,28)(H2,23,24,29). The third kappa shape index (κ3) is 3.63. The van der Waals surface area contributed by atoms with E-state index >= 15 is 0 Å². The van der Waals surface area contributed by atoms with Gasteiger partial charge in [0.1, 0.15) is 5.82 Å². The second-order valence-corrected chi connectivity index (χ2v) is 8.68. The van der Waals surface area contributed by atoms with Crippen LogP contribution in [0.3, 0.4) is 0 Å². The summed E-state index contributed by atoms with van der Waals surface area (Å²) in [7, 11) is 0. The van der Waals surface area contributed by atoms with E-state index in [4.69, 9.17) is 0 Å². The molecule has 0 spiro atoms. The fraction of sp³-hybridized carbons (Fsp3) is 0.238. The topological polar surface area (TPSA) is 108 Å². The number of carbonyl (C=O) groups is 1. The van der Waals surface area contributed by atoms with Crippen LogP contribution in [-0.2, 0) is 4.79 Å². The van der Waals surface area contributed by atoms with Crippen molar-refractivity contribution < 1.29 is 4.79 Å². The van der Waals surface area contributed by atoms with E-state index in [1.54, 1.807) is 18.2 Å². The number of H-pyrrole nitrogens is 2. The molecule has 0 radical (unpaired) electrons. The molecule has 3 N–H and O–H groups in total. The Morgan fingerprint density at radius 3 is 2.67 bits per heavy atom. The molecule has 1 fully saturated rings. The molecule has 0 bridgehead atoms. The normalized spacial score (nSPS) is 14.7. The summed E-state index contributed by atoms with van der Waals surface area (Å²) in [5.74, 6) is 1.25. The Bertz CT molecular complexity index is 1270. The van der Waals surface area contributed by atoms with Crippen LogP contribution in [0.4, 0.5) is 5.69 Å². The van der Waals surface area contributed by atoms with E-state index in [0.29, 0.717) is 27.8 Å². The van der Waals surface area contributed by atoms with Gasteiger partial charge in [-0.2, -0.15) is 0 Å². The number of amides is 1. The first-order valence-electron chi connectivity index (χ1n) is 9.79. The Morgan fingerprint density at radius 1 is 1.13 bits per heavy atom. The average molecular weight is 420 g/mol. The number of para-hydroxylation sites is 1. The smallest absolute Gasteiger partial charge is 0.323 e. The summed E-state index contributed by atoms with van der Waals surface area (Å²) >= 11 is 1.38. The molecular formula is C21H20N6O2S. The number of nitrogens with zero attached hydrogens (tertiary/aromatic N) is 3. The van der Waals surface area contributed by atoms with Crippen LogP contribution in [0.25, 0.3) is 16.7 Å². The number of imidazole rings is 1. The lowest BCUT2D eigenvalue weighted by atomic mass is 10.2. The summed E-state index contributed by atoms with van der Waals surface area (Å²) in [6, 6.07) is 15.2. The Kier molecular flexibility index (Phi) is 4.66. The largest absolute Gasteiger partial charge is 0.325 e. The lowest BCUT2D eigenvalue weighted by Crippen LogP contribution is -2.23. The quantitative estimate of drug-likeness (QED) is 0.414. The number of benzene rings is 2. The summed E-state index contributed by atoms with van der Waals surface area (Å²) < 4.78 is 2.06. The van der Waals surface area contributed by atoms with E-state index in [2.05, 4.69) is 30.0 Å². The summed E-state index contributed by atoms with van der Waals surface area (Å²) in [5, 5.41) is 12.0. The molecular weight excluding hydrogens is 400 g/mol. The monoisotopic (exact) mass is 420 g/mol. The van der Waals surface area contributed by atoms with Crippen LogP contribution in [-0.4, -0.2) is 35.9 Å². The first-order chi connectivity index (χ1) is 14.6. The molecule has 5 rings (SSSR count). The molecule has 0 saturated heterocycles. The van der Waals surface area contributed by atoms with Crippen molar-refractivity contribution in [1.82, 2.24) is 24.7 Å². The van der Waals surface area contributed by atoms with Crippen molar-refractivity contribution in [3.63, 3.8) is 0 Å². The maximum absolute atomic E-state index is 12.8. The van der Waals surface area contributed by atoms with E-state index in [1.165, 1.54) is 11.8 Å². The zero-order chi connectivity index (χ0) is 20.7. The fourth-order valence-corrected chi connectivity index (χ4v) is 4.22. The van der Waals surface area contributed by atoms with Crippen molar-refractivity contribution >= 4 is 34.4 Å². The minimum absolute atomic E-state index is 0.146. The minimum Gasteiger partial charge on any atom is -0.325 e. The van der Waals surface area contributed by atoms with Crippen molar-refractivity contribution in [3.05, 3.63) is 64.8 Å². The van der Waals surface area contributed by atoms with Crippen molar-refractivity contribution in [1.29, 1.82) is 0 Å². The molecule has 1 aliphatic carbocycles. The maximum atomic E-state index is 12.8. The average Bonchev–Trinajstić information content (AvgIpc) is 3.40. The van der Waals surface area contributed by atoms with E-state index in [9.17, 15) is 9.59 Å². The third-order valence-corrected chi connectivity index (χ3v) is 6.09. The number of rotatable bonds is 6. The van der Waals surface area contributed by atoms with Crippen LogP contribution >= 0.6 is 11.8 Å². The fourth-order valence-electron chi connectivity index (χ4n) is 3.35. The predicted molar refractivity (Wildman–Crippen MR) is 116 cm³/mol. The molecule has 8 nitrogen and oxygen atoms in total. The van der Waals surface area contributed by atoms with Crippen LogP contribution in [0.5, 0.6) is 0 Å². The number of aromatic nitrogens is 5. The van der Waals surface area contributed by atoms with E-state index < -0.39 is 0 Å². The second-order valence-electron chi connectivity index (χ2n) is 7.37. The maximum Gasteiger partial charge on any atom is 0.323 e. The number of hydrogen-bond donors (Lipinski definition) is 3. The van der Waals surface area contributed by atoms with Gasteiger partial charge in [-0.3, -0.25) is 9.36 Å². The molecule has 0 aliphatic heterocycles. The number of thioether (sulfide) groups is 1. The molecule has 1 unspecified atom stereocenters. The van der Waals surface area contributed by atoms with Gasteiger partial charge in [0.05, 0.1) is 16.3 Å². The van der Waals surface area contributed by atoms with Gasteiger partial charge in [-0.25, -0.2) is 4.79 Å². The van der Waals surface area contributed by atoms with Crippen molar-refractivity contribution in [3.8, 4) is 5.69 Å².